The molecule has 25 heavy (non-hydrogen) atoms. The van der Waals surface area contributed by atoms with Crippen LogP contribution < -0.4 is 5.32 Å². The maximum absolute atomic E-state index is 12.3. The highest BCUT2D eigenvalue weighted by Crippen LogP contribution is 2.30. The molecular formula is C19H21N3O2S. The van der Waals surface area contributed by atoms with Gasteiger partial charge in [0.1, 0.15) is 0 Å². The number of fused-ring (bicyclic) bond motifs is 1. The highest BCUT2D eigenvalue weighted by Gasteiger charge is 2.26. The number of piperidine rings is 1. The lowest BCUT2D eigenvalue weighted by atomic mass is 10.0. The van der Waals surface area contributed by atoms with Gasteiger partial charge in [0.15, 0.2) is 5.76 Å². The number of carbonyl (C=O) groups is 1. The van der Waals surface area contributed by atoms with Crippen LogP contribution in [0, 0.1) is 0 Å². The molecule has 0 radical (unpaired) electrons. The van der Waals surface area contributed by atoms with Crippen molar-refractivity contribution in [3.05, 3.63) is 53.6 Å². The van der Waals surface area contributed by atoms with E-state index >= 15 is 0 Å². The Balaban J connectivity index is 1.34. The van der Waals surface area contributed by atoms with E-state index in [1.54, 1.807) is 29.7 Å². The van der Waals surface area contributed by atoms with Gasteiger partial charge in [-0.1, -0.05) is 0 Å². The van der Waals surface area contributed by atoms with Gasteiger partial charge in [-0.2, -0.15) is 0 Å². The van der Waals surface area contributed by atoms with Crippen LogP contribution in [0.4, 0.5) is 0 Å². The van der Waals surface area contributed by atoms with Gasteiger partial charge in [0.05, 0.1) is 11.0 Å². The number of nitrogens with zero attached hydrogens (tertiary/aromatic N) is 2. The summed E-state index contributed by atoms with van der Waals surface area (Å²) in [5.74, 6) is 0.423. The Kier molecular flexibility index (Phi) is 4.55. The second kappa shape index (κ2) is 6.98. The molecule has 3 aromatic rings. The number of hydrogen-bond acceptors (Lipinski definition) is 5. The minimum atomic E-state index is -0.00601. The Hall–Kier alpha value is -2.18. The topological polar surface area (TPSA) is 58.4 Å². The molecule has 0 aliphatic carbocycles. The van der Waals surface area contributed by atoms with Gasteiger partial charge in [0, 0.05) is 42.4 Å². The molecule has 1 aliphatic rings. The molecule has 4 rings (SSSR count). The van der Waals surface area contributed by atoms with E-state index in [1.807, 2.05) is 17.3 Å². The van der Waals surface area contributed by atoms with Gasteiger partial charge in [-0.15, -0.1) is 11.3 Å². The highest BCUT2D eigenvalue weighted by atomic mass is 32.1. The first-order valence-electron chi connectivity index (χ1n) is 8.63. The third kappa shape index (κ3) is 3.45. The molecule has 0 bridgehead atoms. The standard InChI is InChI=1S/C19H21N3O2S/c1-13(17-11-14-4-7-20-12-18(14)25-17)21-15-5-8-22(9-6-15)19(23)16-3-2-10-24-16/h2-4,7,10-13,15,21H,5-6,8-9H2,1H3. The predicted octanol–water partition coefficient (Wildman–Crippen LogP) is 3.84. The molecule has 0 saturated carbocycles. The first-order valence-corrected chi connectivity index (χ1v) is 9.44. The van der Waals surface area contributed by atoms with Crippen molar-refractivity contribution in [1.82, 2.24) is 15.2 Å². The SMILES string of the molecule is CC(NC1CCN(C(=O)c2ccco2)CC1)c1cc2ccncc2s1. The minimum Gasteiger partial charge on any atom is -0.459 e. The zero-order valence-corrected chi connectivity index (χ0v) is 15.0. The van der Waals surface area contributed by atoms with E-state index in [1.165, 1.54) is 15.0 Å². The normalized spacial score (nSPS) is 17.1. The van der Waals surface area contributed by atoms with Crippen molar-refractivity contribution in [1.29, 1.82) is 0 Å². The van der Waals surface area contributed by atoms with Crippen molar-refractivity contribution in [3.63, 3.8) is 0 Å². The number of pyridine rings is 1. The van der Waals surface area contributed by atoms with Crippen molar-refractivity contribution in [3.8, 4) is 0 Å². The third-order valence-electron chi connectivity index (χ3n) is 4.77. The molecule has 0 spiro atoms. The van der Waals surface area contributed by atoms with Gasteiger partial charge < -0.3 is 14.6 Å². The van der Waals surface area contributed by atoms with Crippen LogP contribution >= 0.6 is 11.3 Å². The number of rotatable bonds is 4. The molecule has 6 heteroatoms. The molecule has 5 nitrogen and oxygen atoms in total. The second-order valence-electron chi connectivity index (χ2n) is 6.49. The molecule has 1 unspecified atom stereocenters. The summed E-state index contributed by atoms with van der Waals surface area (Å²) in [5.41, 5.74) is 0. The Bertz CT molecular complexity index is 818. The van der Waals surface area contributed by atoms with E-state index in [0.29, 0.717) is 17.8 Å². The van der Waals surface area contributed by atoms with E-state index in [9.17, 15) is 4.79 Å². The summed E-state index contributed by atoms with van der Waals surface area (Å²) < 4.78 is 6.44. The van der Waals surface area contributed by atoms with Gasteiger partial charge in [0.25, 0.3) is 5.91 Å². The van der Waals surface area contributed by atoms with E-state index in [-0.39, 0.29) is 5.91 Å². The lowest BCUT2D eigenvalue weighted by molar-refractivity contribution is 0.0670. The maximum Gasteiger partial charge on any atom is 0.289 e. The number of hydrogen-bond donors (Lipinski definition) is 1. The number of amides is 1. The molecule has 1 aliphatic heterocycles. The summed E-state index contributed by atoms with van der Waals surface area (Å²) in [6.45, 7) is 3.74. The van der Waals surface area contributed by atoms with E-state index in [2.05, 4.69) is 29.4 Å². The molecule has 1 fully saturated rings. The van der Waals surface area contributed by atoms with Crippen LogP contribution in [-0.4, -0.2) is 34.9 Å². The Morgan fingerprint density at radius 2 is 2.24 bits per heavy atom. The van der Waals surface area contributed by atoms with Gasteiger partial charge in [0.2, 0.25) is 0 Å². The minimum absolute atomic E-state index is 0.00601. The van der Waals surface area contributed by atoms with E-state index < -0.39 is 0 Å². The molecule has 4 heterocycles. The van der Waals surface area contributed by atoms with Crippen molar-refractivity contribution in [2.24, 2.45) is 0 Å². The number of aromatic nitrogens is 1. The van der Waals surface area contributed by atoms with Crippen LogP contribution in [0.1, 0.15) is 41.2 Å². The van der Waals surface area contributed by atoms with E-state index in [0.717, 1.165) is 25.9 Å². The number of nitrogens with one attached hydrogen (secondary N) is 1. The molecule has 1 saturated heterocycles. The van der Waals surface area contributed by atoms with Crippen LogP contribution in [0.3, 0.4) is 0 Å². The number of thiophene rings is 1. The highest BCUT2D eigenvalue weighted by molar-refractivity contribution is 7.19. The first-order chi connectivity index (χ1) is 12.2. The number of likely N-dealkylation sites (tertiary alicyclic amines) is 1. The fraction of sp³-hybridized carbons (Fsp3) is 0.368. The quantitative estimate of drug-likeness (QED) is 0.772. The Morgan fingerprint density at radius 3 is 2.96 bits per heavy atom. The van der Waals surface area contributed by atoms with Gasteiger partial charge in [-0.25, -0.2) is 0 Å². The predicted molar refractivity (Wildman–Crippen MR) is 98.8 cm³/mol. The Labute approximate surface area is 150 Å². The van der Waals surface area contributed by atoms with Gasteiger partial charge in [-0.3, -0.25) is 9.78 Å². The summed E-state index contributed by atoms with van der Waals surface area (Å²) in [5, 5.41) is 4.97. The monoisotopic (exact) mass is 355 g/mol. The van der Waals surface area contributed by atoms with Crippen molar-refractivity contribution in [2.45, 2.75) is 31.8 Å². The lowest BCUT2D eigenvalue weighted by Crippen LogP contribution is -2.45. The van der Waals surface area contributed by atoms with Crippen LogP contribution in [-0.2, 0) is 0 Å². The van der Waals surface area contributed by atoms with Gasteiger partial charge >= 0.3 is 0 Å². The number of furan rings is 1. The Morgan fingerprint density at radius 1 is 1.40 bits per heavy atom. The summed E-state index contributed by atoms with van der Waals surface area (Å²) in [6.07, 6.45) is 7.23. The molecule has 1 amide bonds. The third-order valence-corrected chi connectivity index (χ3v) is 6.04. The molecule has 130 valence electrons. The number of carbonyl (C=O) groups excluding carboxylic acids is 1. The average molecular weight is 355 g/mol. The van der Waals surface area contributed by atoms with Crippen LogP contribution in [0.25, 0.3) is 10.1 Å². The molecule has 3 aromatic heterocycles. The second-order valence-corrected chi connectivity index (χ2v) is 7.61. The maximum atomic E-state index is 12.3. The van der Waals surface area contributed by atoms with E-state index in [4.69, 9.17) is 4.42 Å². The molecule has 1 atom stereocenters. The first kappa shape index (κ1) is 16.3. The summed E-state index contributed by atoms with van der Waals surface area (Å²) in [4.78, 5) is 19.7. The zero-order valence-electron chi connectivity index (χ0n) is 14.1. The lowest BCUT2D eigenvalue weighted by Gasteiger charge is -2.33. The average Bonchev–Trinajstić information content (AvgIpc) is 3.31. The van der Waals surface area contributed by atoms with Crippen LogP contribution in [0.2, 0.25) is 0 Å². The smallest absolute Gasteiger partial charge is 0.289 e. The molecule has 1 N–H and O–H groups in total. The van der Waals surface area contributed by atoms with Gasteiger partial charge in [-0.05, 0) is 49.4 Å². The fourth-order valence-corrected chi connectivity index (χ4v) is 4.40. The molecule has 0 aromatic carbocycles. The molecular weight excluding hydrogens is 334 g/mol. The summed E-state index contributed by atoms with van der Waals surface area (Å²) in [7, 11) is 0. The van der Waals surface area contributed by atoms with Crippen LogP contribution in [0.15, 0.2) is 47.3 Å². The van der Waals surface area contributed by atoms with Crippen molar-refractivity contribution >= 4 is 27.3 Å². The van der Waals surface area contributed by atoms with Crippen molar-refractivity contribution < 1.29 is 9.21 Å². The van der Waals surface area contributed by atoms with Crippen molar-refractivity contribution in [2.75, 3.05) is 13.1 Å². The van der Waals surface area contributed by atoms with Crippen LogP contribution in [0.5, 0.6) is 0 Å². The fourth-order valence-electron chi connectivity index (χ4n) is 3.36. The largest absolute Gasteiger partial charge is 0.459 e. The summed E-state index contributed by atoms with van der Waals surface area (Å²) >= 11 is 1.80. The summed E-state index contributed by atoms with van der Waals surface area (Å²) in [6, 6.07) is 8.51. The zero-order chi connectivity index (χ0) is 17.2.